The van der Waals surface area contributed by atoms with E-state index in [-0.39, 0.29) is 5.92 Å². The number of unbranched alkanes of at least 4 members (excludes halogenated alkanes) is 1. The Labute approximate surface area is 160 Å². The number of benzene rings is 1. The lowest BCUT2D eigenvalue weighted by atomic mass is 9.95. The Kier molecular flexibility index (Phi) is 6.80. The van der Waals surface area contributed by atoms with Crippen LogP contribution < -0.4 is 0 Å². The minimum Gasteiger partial charge on any atom is -0.346 e. The highest BCUT2D eigenvalue weighted by atomic mass is 32.1. The fourth-order valence-corrected chi connectivity index (χ4v) is 4.43. The lowest BCUT2D eigenvalue weighted by molar-refractivity contribution is -0.135. The van der Waals surface area contributed by atoms with Crippen molar-refractivity contribution in [2.75, 3.05) is 26.7 Å². The van der Waals surface area contributed by atoms with Crippen molar-refractivity contribution in [2.24, 2.45) is 5.92 Å². The van der Waals surface area contributed by atoms with Gasteiger partial charge in [0.2, 0.25) is 5.91 Å². The highest BCUT2D eigenvalue weighted by molar-refractivity contribution is 7.15. The smallest absolute Gasteiger partial charge is 0.225 e. The molecule has 0 atom stereocenters. The summed E-state index contributed by atoms with van der Waals surface area (Å²) in [6.45, 7) is 5.91. The molecule has 0 radical (unpaired) electrons. The Balaban J connectivity index is 1.49. The van der Waals surface area contributed by atoms with Gasteiger partial charge in [0.25, 0.3) is 0 Å². The first-order chi connectivity index (χ1) is 12.7. The number of hydrogen-bond donors (Lipinski definition) is 0. The van der Waals surface area contributed by atoms with Gasteiger partial charge in [-0.25, -0.2) is 4.98 Å². The average molecular weight is 372 g/mol. The topological polar surface area (TPSA) is 36.4 Å². The third kappa shape index (κ3) is 4.92. The van der Waals surface area contributed by atoms with Crippen molar-refractivity contribution in [3.8, 4) is 10.4 Å². The van der Waals surface area contributed by atoms with Crippen LogP contribution in [-0.4, -0.2) is 47.4 Å². The fraction of sp³-hybridized carbons (Fsp3) is 0.524. The van der Waals surface area contributed by atoms with Crippen LogP contribution in [0, 0.1) is 5.92 Å². The predicted molar refractivity (Wildman–Crippen MR) is 108 cm³/mol. The maximum absolute atomic E-state index is 12.5. The Morgan fingerprint density at radius 2 is 2.00 bits per heavy atom. The number of thiazole rings is 1. The average Bonchev–Trinajstić information content (AvgIpc) is 3.15. The molecule has 0 saturated carbocycles. The molecule has 0 unspecified atom stereocenters. The van der Waals surface area contributed by atoms with E-state index in [9.17, 15) is 4.79 Å². The molecule has 2 aromatic rings. The summed E-state index contributed by atoms with van der Waals surface area (Å²) in [6.07, 6.45) is 6.14. The first kappa shape index (κ1) is 19.1. The van der Waals surface area contributed by atoms with Gasteiger partial charge in [0.1, 0.15) is 5.01 Å². The van der Waals surface area contributed by atoms with Crippen molar-refractivity contribution in [3.63, 3.8) is 0 Å². The summed E-state index contributed by atoms with van der Waals surface area (Å²) in [5.74, 6) is 0.531. The van der Waals surface area contributed by atoms with Gasteiger partial charge in [-0.05, 0) is 37.9 Å². The van der Waals surface area contributed by atoms with Gasteiger partial charge in [0.05, 0.1) is 11.4 Å². The van der Waals surface area contributed by atoms with E-state index in [1.807, 2.05) is 24.2 Å². The molecule has 1 fully saturated rings. The normalized spacial score (nSPS) is 15.9. The van der Waals surface area contributed by atoms with Gasteiger partial charge in [-0.1, -0.05) is 43.7 Å². The minimum absolute atomic E-state index is 0.198. The van der Waals surface area contributed by atoms with Gasteiger partial charge in [-0.2, -0.15) is 0 Å². The fourth-order valence-electron chi connectivity index (χ4n) is 3.47. The molecule has 26 heavy (non-hydrogen) atoms. The molecule has 1 aliphatic rings. The van der Waals surface area contributed by atoms with Gasteiger partial charge in [-0.15, -0.1) is 11.3 Å². The highest BCUT2D eigenvalue weighted by Crippen LogP contribution is 2.28. The molecular weight excluding hydrogens is 342 g/mol. The summed E-state index contributed by atoms with van der Waals surface area (Å²) in [5, 5.41) is 1.16. The number of aromatic nitrogens is 1. The number of likely N-dealkylation sites (tertiary alicyclic amines) is 1. The van der Waals surface area contributed by atoms with Gasteiger partial charge >= 0.3 is 0 Å². The summed E-state index contributed by atoms with van der Waals surface area (Å²) in [4.78, 5) is 22.7. The molecular formula is C21H29N3OS. The van der Waals surface area contributed by atoms with Crippen molar-refractivity contribution in [1.82, 2.24) is 14.8 Å². The SMILES string of the molecule is CCCCN(C)C(=O)C1CCN(Cc2ncc(-c3ccccc3)s2)CC1. The monoisotopic (exact) mass is 371 g/mol. The Morgan fingerprint density at radius 3 is 2.69 bits per heavy atom. The second-order valence-corrected chi connectivity index (χ2v) is 8.26. The molecule has 0 N–H and O–H groups in total. The zero-order chi connectivity index (χ0) is 18.4. The van der Waals surface area contributed by atoms with Crippen molar-refractivity contribution in [2.45, 2.75) is 39.2 Å². The number of carbonyl (C=O) groups excluding carboxylic acids is 1. The second-order valence-electron chi connectivity index (χ2n) is 7.15. The molecule has 1 aliphatic heterocycles. The quantitative estimate of drug-likeness (QED) is 0.729. The van der Waals surface area contributed by atoms with Gasteiger partial charge in [0, 0.05) is 25.7 Å². The van der Waals surface area contributed by atoms with Gasteiger partial charge in [0.15, 0.2) is 0 Å². The van der Waals surface area contributed by atoms with Crippen molar-refractivity contribution in [3.05, 3.63) is 41.5 Å². The largest absolute Gasteiger partial charge is 0.346 e. The van der Waals surface area contributed by atoms with Crippen LogP contribution in [0.3, 0.4) is 0 Å². The lowest BCUT2D eigenvalue weighted by Gasteiger charge is -2.32. The van der Waals surface area contributed by atoms with Crippen LogP contribution in [-0.2, 0) is 11.3 Å². The second kappa shape index (κ2) is 9.28. The molecule has 1 aromatic heterocycles. The lowest BCUT2D eigenvalue weighted by Crippen LogP contribution is -2.41. The van der Waals surface area contributed by atoms with Crippen LogP contribution in [0.15, 0.2) is 36.5 Å². The van der Waals surface area contributed by atoms with Crippen LogP contribution in [0.25, 0.3) is 10.4 Å². The molecule has 3 rings (SSSR count). The molecule has 0 spiro atoms. The summed E-state index contributed by atoms with van der Waals surface area (Å²) >= 11 is 1.77. The Hall–Kier alpha value is -1.72. The maximum Gasteiger partial charge on any atom is 0.225 e. The molecule has 2 heterocycles. The van der Waals surface area contributed by atoms with Crippen LogP contribution in [0.1, 0.15) is 37.6 Å². The first-order valence-corrected chi connectivity index (χ1v) is 10.5. The molecule has 4 nitrogen and oxygen atoms in total. The third-order valence-electron chi connectivity index (χ3n) is 5.13. The molecule has 1 amide bonds. The molecule has 0 aliphatic carbocycles. The van der Waals surface area contributed by atoms with Crippen molar-refractivity contribution < 1.29 is 4.79 Å². The van der Waals surface area contributed by atoms with Gasteiger partial charge < -0.3 is 4.90 Å². The number of piperidine rings is 1. The minimum atomic E-state index is 0.198. The molecule has 5 heteroatoms. The van der Waals surface area contributed by atoms with Crippen LogP contribution >= 0.6 is 11.3 Å². The molecule has 1 aromatic carbocycles. The molecule has 140 valence electrons. The Bertz CT molecular complexity index is 692. The standard InChI is InChI=1S/C21H29N3OS/c1-3-4-12-23(2)21(25)18-10-13-24(14-11-18)16-20-22-15-19(26-20)17-8-6-5-7-9-17/h5-9,15,18H,3-4,10-14,16H2,1-2H3. The van der Waals surface area contributed by atoms with E-state index in [0.29, 0.717) is 5.91 Å². The summed E-state index contributed by atoms with van der Waals surface area (Å²) in [6, 6.07) is 10.4. The van der Waals surface area contributed by atoms with Crippen LogP contribution in [0.2, 0.25) is 0 Å². The summed E-state index contributed by atoms with van der Waals surface area (Å²) in [7, 11) is 1.95. The summed E-state index contributed by atoms with van der Waals surface area (Å²) in [5.41, 5.74) is 1.23. The number of hydrogen-bond acceptors (Lipinski definition) is 4. The van der Waals surface area contributed by atoms with E-state index in [2.05, 4.69) is 41.1 Å². The van der Waals surface area contributed by atoms with E-state index in [1.54, 1.807) is 11.3 Å². The first-order valence-electron chi connectivity index (χ1n) is 9.65. The molecule has 1 saturated heterocycles. The van der Waals surface area contributed by atoms with E-state index < -0.39 is 0 Å². The number of nitrogens with zero attached hydrogens (tertiary/aromatic N) is 3. The predicted octanol–water partition coefficient (Wildman–Crippen LogP) is 4.28. The van der Waals surface area contributed by atoms with Crippen molar-refractivity contribution >= 4 is 17.2 Å². The van der Waals surface area contributed by atoms with E-state index >= 15 is 0 Å². The zero-order valence-electron chi connectivity index (χ0n) is 15.9. The molecule has 0 bridgehead atoms. The third-order valence-corrected chi connectivity index (χ3v) is 6.16. The van der Waals surface area contributed by atoms with Crippen LogP contribution in [0.5, 0.6) is 0 Å². The van der Waals surface area contributed by atoms with E-state index in [1.165, 1.54) is 10.4 Å². The van der Waals surface area contributed by atoms with Crippen molar-refractivity contribution in [1.29, 1.82) is 0 Å². The summed E-state index contributed by atoms with van der Waals surface area (Å²) < 4.78 is 0. The van der Waals surface area contributed by atoms with E-state index in [4.69, 9.17) is 0 Å². The van der Waals surface area contributed by atoms with E-state index in [0.717, 1.165) is 56.9 Å². The number of carbonyl (C=O) groups is 1. The Morgan fingerprint density at radius 1 is 1.27 bits per heavy atom. The van der Waals surface area contributed by atoms with Crippen LogP contribution in [0.4, 0.5) is 0 Å². The van der Waals surface area contributed by atoms with Gasteiger partial charge in [-0.3, -0.25) is 9.69 Å². The number of amides is 1. The number of rotatable bonds is 7. The highest BCUT2D eigenvalue weighted by Gasteiger charge is 2.27. The zero-order valence-corrected chi connectivity index (χ0v) is 16.7. The maximum atomic E-state index is 12.5.